The van der Waals surface area contributed by atoms with Gasteiger partial charge >= 0.3 is 0 Å². The maximum absolute atomic E-state index is 14.0. The maximum Gasteiger partial charge on any atom is 0.262 e. The molecule has 1 heterocycles. The van der Waals surface area contributed by atoms with Gasteiger partial charge in [0.25, 0.3) is 11.8 Å². The largest absolute Gasteiger partial charge is 0.322 e. The molecule has 26 heavy (non-hydrogen) atoms. The van der Waals surface area contributed by atoms with Crippen LogP contribution in [0.3, 0.4) is 0 Å². The maximum atomic E-state index is 14.0. The topological polar surface area (TPSA) is 66.5 Å². The van der Waals surface area contributed by atoms with Gasteiger partial charge in [-0.1, -0.05) is 41.9 Å². The summed E-state index contributed by atoms with van der Waals surface area (Å²) in [4.78, 5) is 39.1. The molecule has 0 aliphatic carbocycles. The zero-order valence-electron chi connectivity index (χ0n) is 14.1. The number of halogens is 2. The third-order valence-electron chi connectivity index (χ3n) is 4.19. The number of rotatable bonds is 4. The Morgan fingerprint density at radius 3 is 2.15 bits per heavy atom. The molecule has 0 radical (unpaired) electrons. The third-order valence-corrected chi connectivity index (χ3v) is 4.69. The smallest absolute Gasteiger partial charge is 0.262 e. The van der Waals surface area contributed by atoms with E-state index in [1.54, 1.807) is 44.2 Å². The summed E-state index contributed by atoms with van der Waals surface area (Å²) in [6, 6.07) is 9.61. The van der Waals surface area contributed by atoms with E-state index in [4.69, 9.17) is 0 Å². The van der Waals surface area contributed by atoms with Gasteiger partial charge in [0, 0.05) is 4.47 Å². The number of hydrogen-bond acceptors (Lipinski definition) is 3. The summed E-state index contributed by atoms with van der Waals surface area (Å²) in [5.41, 5.74) is 0.525. The lowest BCUT2D eigenvalue weighted by atomic mass is 10.0. The van der Waals surface area contributed by atoms with Crippen LogP contribution in [0.4, 0.5) is 10.1 Å². The summed E-state index contributed by atoms with van der Waals surface area (Å²) < 4.78 is 14.6. The lowest BCUT2D eigenvalue weighted by Gasteiger charge is -2.28. The van der Waals surface area contributed by atoms with E-state index in [0.717, 1.165) is 4.90 Å². The van der Waals surface area contributed by atoms with Gasteiger partial charge in [-0.3, -0.25) is 19.3 Å². The Kier molecular flexibility index (Phi) is 4.91. The number of nitrogens with one attached hydrogen (secondary N) is 1. The predicted octanol–water partition coefficient (Wildman–Crippen LogP) is 3.85. The Hall–Kier alpha value is -2.54. The molecule has 5 nitrogen and oxygen atoms in total. The summed E-state index contributed by atoms with van der Waals surface area (Å²) in [6.07, 6.45) is 0. The molecule has 1 atom stereocenters. The van der Waals surface area contributed by atoms with Crippen LogP contribution in [-0.2, 0) is 4.79 Å². The monoisotopic (exact) mass is 418 g/mol. The zero-order chi connectivity index (χ0) is 19.0. The number of fused-ring (bicyclic) bond motifs is 1. The van der Waals surface area contributed by atoms with Crippen molar-refractivity contribution < 1.29 is 18.8 Å². The minimum Gasteiger partial charge on any atom is -0.322 e. The molecule has 0 aromatic heterocycles. The van der Waals surface area contributed by atoms with Gasteiger partial charge in [-0.15, -0.1) is 0 Å². The molecule has 0 fully saturated rings. The highest BCUT2D eigenvalue weighted by atomic mass is 79.9. The Morgan fingerprint density at radius 2 is 1.65 bits per heavy atom. The molecule has 0 saturated carbocycles. The van der Waals surface area contributed by atoms with Crippen molar-refractivity contribution in [2.75, 3.05) is 5.32 Å². The van der Waals surface area contributed by atoms with Crippen molar-refractivity contribution >= 4 is 39.3 Å². The molecule has 7 heteroatoms. The van der Waals surface area contributed by atoms with Gasteiger partial charge in [0.15, 0.2) is 0 Å². The zero-order valence-corrected chi connectivity index (χ0v) is 15.7. The molecule has 3 amide bonds. The van der Waals surface area contributed by atoms with Gasteiger partial charge in [-0.25, -0.2) is 4.39 Å². The minimum absolute atomic E-state index is 0.0135. The minimum atomic E-state index is -1.05. The van der Waals surface area contributed by atoms with Crippen molar-refractivity contribution in [1.29, 1.82) is 0 Å². The van der Waals surface area contributed by atoms with E-state index < -0.39 is 29.6 Å². The Morgan fingerprint density at radius 1 is 1.08 bits per heavy atom. The van der Waals surface area contributed by atoms with E-state index in [0.29, 0.717) is 4.47 Å². The van der Waals surface area contributed by atoms with Crippen LogP contribution in [0.15, 0.2) is 46.9 Å². The van der Waals surface area contributed by atoms with Crippen LogP contribution in [0, 0.1) is 11.7 Å². The Labute approximate surface area is 158 Å². The van der Waals surface area contributed by atoms with E-state index >= 15 is 0 Å². The number of anilines is 1. The van der Waals surface area contributed by atoms with E-state index in [2.05, 4.69) is 21.2 Å². The lowest BCUT2D eigenvalue weighted by molar-refractivity contribution is -0.121. The molecule has 1 unspecified atom stereocenters. The van der Waals surface area contributed by atoms with Gasteiger partial charge in [0.1, 0.15) is 11.9 Å². The van der Waals surface area contributed by atoms with Crippen molar-refractivity contribution in [3.05, 3.63) is 63.9 Å². The first-order valence-corrected chi connectivity index (χ1v) is 8.83. The van der Waals surface area contributed by atoms with Crippen LogP contribution in [0.25, 0.3) is 0 Å². The van der Waals surface area contributed by atoms with Crippen molar-refractivity contribution in [2.24, 2.45) is 5.92 Å². The second-order valence-corrected chi connectivity index (χ2v) is 7.24. The molecular weight excluding hydrogens is 403 g/mol. The number of nitrogens with zero attached hydrogens (tertiary/aromatic N) is 1. The highest BCUT2D eigenvalue weighted by Crippen LogP contribution is 2.28. The number of hydrogen-bond donors (Lipinski definition) is 1. The fraction of sp³-hybridized carbons (Fsp3) is 0.211. The first kappa shape index (κ1) is 18.3. The third kappa shape index (κ3) is 3.14. The fourth-order valence-electron chi connectivity index (χ4n) is 2.98. The number of carbonyl (C=O) groups is 3. The van der Waals surface area contributed by atoms with Crippen LogP contribution >= 0.6 is 15.9 Å². The van der Waals surface area contributed by atoms with E-state index in [1.807, 2.05) is 0 Å². The molecule has 1 N–H and O–H groups in total. The van der Waals surface area contributed by atoms with Crippen molar-refractivity contribution in [2.45, 2.75) is 19.9 Å². The fourth-order valence-corrected chi connectivity index (χ4v) is 3.31. The standard InChI is InChI=1S/C19H16BrFN2O3/c1-10(2)16(17(24)22-15-8-7-11(20)9-14(15)21)23-18(25)12-5-3-4-6-13(12)19(23)26/h3-10,16H,1-2H3,(H,22,24). The first-order chi connectivity index (χ1) is 12.3. The predicted molar refractivity (Wildman–Crippen MR) is 98.3 cm³/mol. The summed E-state index contributed by atoms with van der Waals surface area (Å²) in [6.45, 7) is 3.46. The molecule has 2 aromatic rings. The van der Waals surface area contributed by atoms with Gasteiger partial charge in [0.2, 0.25) is 5.91 Å². The SMILES string of the molecule is CC(C)C(C(=O)Nc1ccc(Br)cc1F)N1C(=O)c2ccccc2C1=O. The number of carbonyl (C=O) groups excluding carboxylic acids is 3. The molecule has 3 rings (SSSR count). The van der Waals surface area contributed by atoms with Crippen molar-refractivity contribution in [3.8, 4) is 0 Å². The molecule has 0 bridgehead atoms. The van der Waals surface area contributed by atoms with Gasteiger partial charge in [-0.05, 0) is 36.2 Å². The first-order valence-electron chi connectivity index (χ1n) is 8.04. The van der Waals surface area contributed by atoms with Gasteiger partial charge < -0.3 is 5.32 Å². The molecule has 1 aliphatic heterocycles. The Bertz CT molecular complexity index is 878. The summed E-state index contributed by atoms with van der Waals surface area (Å²) in [7, 11) is 0. The second kappa shape index (κ2) is 6.99. The second-order valence-electron chi connectivity index (χ2n) is 6.33. The summed E-state index contributed by atoms with van der Waals surface area (Å²) in [5, 5.41) is 2.48. The summed E-state index contributed by atoms with van der Waals surface area (Å²) >= 11 is 3.15. The average Bonchev–Trinajstić information content (AvgIpc) is 2.83. The van der Waals surface area contributed by atoms with E-state index in [9.17, 15) is 18.8 Å². The van der Waals surface area contributed by atoms with Gasteiger partial charge in [0.05, 0.1) is 16.8 Å². The van der Waals surface area contributed by atoms with Gasteiger partial charge in [-0.2, -0.15) is 0 Å². The number of amides is 3. The van der Waals surface area contributed by atoms with E-state index in [1.165, 1.54) is 12.1 Å². The quantitative estimate of drug-likeness (QED) is 0.766. The van der Waals surface area contributed by atoms with Crippen LogP contribution < -0.4 is 5.32 Å². The Balaban J connectivity index is 1.92. The summed E-state index contributed by atoms with van der Waals surface area (Å²) in [5.74, 6) is -2.62. The molecule has 0 saturated heterocycles. The van der Waals surface area contributed by atoms with Crippen LogP contribution in [0.1, 0.15) is 34.6 Å². The average molecular weight is 419 g/mol. The molecular formula is C19H16BrFN2O3. The highest BCUT2D eigenvalue weighted by molar-refractivity contribution is 9.10. The molecule has 2 aromatic carbocycles. The van der Waals surface area contributed by atoms with E-state index in [-0.39, 0.29) is 22.7 Å². The molecule has 1 aliphatic rings. The highest BCUT2D eigenvalue weighted by Gasteiger charge is 2.43. The van der Waals surface area contributed by atoms with Crippen LogP contribution in [0.2, 0.25) is 0 Å². The normalized spacial score (nSPS) is 14.6. The lowest BCUT2D eigenvalue weighted by Crippen LogP contribution is -2.50. The van der Waals surface area contributed by atoms with Crippen LogP contribution in [-0.4, -0.2) is 28.7 Å². The van der Waals surface area contributed by atoms with Crippen LogP contribution in [0.5, 0.6) is 0 Å². The molecule has 134 valence electrons. The molecule has 0 spiro atoms. The van der Waals surface area contributed by atoms with Crippen molar-refractivity contribution in [1.82, 2.24) is 4.90 Å². The number of benzene rings is 2. The number of imide groups is 1. The van der Waals surface area contributed by atoms with Crippen molar-refractivity contribution in [3.63, 3.8) is 0 Å².